The molecule has 9 amide bonds. The van der Waals surface area contributed by atoms with Crippen LogP contribution in [0.5, 0.6) is 5.75 Å². The van der Waals surface area contributed by atoms with E-state index in [0.717, 1.165) is 0 Å². The number of hydrogen-bond acceptors (Lipinski definition) is 18. The molecule has 33 nitrogen and oxygen atoms in total. The van der Waals surface area contributed by atoms with E-state index in [9.17, 15) is 72.9 Å². The molecule has 2 aromatic carbocycles. The molecule has 5 rings (SSSR count). The van der Waals surface area contributed by atoms with Crippen molar-refractivity contribution in [2.75, 3.05) is 32.8 Å². The topological polar surface area (TPSA) is 540 Å². The number of aromatic nitrogens is 3. The number of guanidine groups is 1. The summed E-state index contributed by atoms with van der Waals surface area (Å²) >= 11 is 0. The van der Waals surface area contributed by atoms with Gasteiger partial charge in [0.25, 0.3) is 0 Å². The van der Waals surface area contributed by atoms with E-state index >= 15 is 0 Å². The summed E-state index contributed by atoms with van der Waals surface area (Å²) in [6, 6.07) is -0.306. The summed E-state index contributed by atoms with van der Waals surface area (Å²) < 4.78 is 0. The van der Waals surface area contributed by atoms with Crippen molar-refractivity contribution in [3.05, 3.63) is 84.1 Å². The lowest BCUT2D eigenvalue weighted by atomic mass is 10.0. The van der Waals surface area contributed by atoms with E-state index in [2.05, 4.69) is 62.5 Å². The van der Waals surface area contributed by atoms with Gasteiger partial charge >= 0.3 is 11.9 Å². The molecule has 9 atom stereocenters. The lowest BCUT2D eigenvalue weighted by molar-refractivity contribution is -0.142. The molecule has 1 saturated heterocycles. The number of fused-ring (bicyclic) bond motifs is 1. The molecule has 1 aliphatic heterocycles. The summed E-state index contributed by atoms with van der Waals surface area (Å²) in [7, 11) is 0. The van der Waals surface area contributed by atoms with Crippen LogP contribution in [0, 0.1) is 5.92 Å². The number of hydrogen-bond donors (Lipinski definition) is 18. The average molecular weight is 1300 g/mol. The van der Waals surface area contributed by atoms with E-state index in [0.29, 0.717) is 47.1 Å². The number of carboxylic acid groups (broad SMARTS) is 2. The number of Topliss-reactive ketones (excluding diaryl/α,β-unsaturated/α-hetero) is 1. The zero-order valence-corrected chi connectivity index (χ0v) is 52.1. The number of benzene rings is 2. The lowest BCUT2D eigenvalue weighted by Gasteiger charge is -2.30. The van der Waals surface area contributed by atoms with Crippen LogP contribution in [-0.2, 0) is 76.8 Å². The zero-order chi connectivity index (χ0) is 68.9. The first-order valence-corrected chi connectivity index (χ1v) is 30.1. The van der Waals surface area contributed by atoms with Crippen molar-refractivity contribution in [3.8, 4) is 5.75 Å². The first-order chi connectivity index (χ1) is 44.1. The molecular formula is C60H86N16O17. The largest absolute Gasteiger partial charge is 0.508 e. The Balaban J connectivity index is 0.00000248. The van der Waals surface area contributed by atoms with Gasteiger partial charge < -0.3 is 100 Å². The Kier molecular flexibility index (Phi) is 30.8. The summed E-state index contributed by atoms with van der Waals surface area (Å²) in [6.07, 6.45) is 3.73. The number of amides is 9. The third-order valence-electron chi connectivity index (χ3n) is 14.5. The van der Waals surface area contributed by atoms with Crippen LogP contribution in [0.1, 0.15) is 95.9 Å². The Morgan fingerprint density at radius 2 is 1.24 bits per heavy atom. The molecule has 1 fully saturated rings. The van der Waals surface area contributed by atoms with Gasteiger partial charge in [-0.1, -0.05) is 44.2 Å². The van der Waals surface area contributed by atoms with Crippen LogP contribution < -0.4 is 59.7 Å². The standard InChI is InChI=1S/C56H80N16O14.C4H6O3/c1-4-61-54(85)45-12-8-20-72(45)55(86)38(11-7-19-62-56(58)59)65-48(79)39(21-30(2)3)67-52(83)43(27-73)70-49(80)40(22-31-13-15-34(75)16-14-31)68-53(84)44(28-74)71-50(81)41(23-32-25-63-37-10-6-5-9-35(32)37)69-51(82)42(24-33-26-60-29-64-33)66-47(78)36(57)17-18-46(76)77;1-3(5)2-4(6)7/h5-6,9-10,13-16,25-26,29-30,36,38-45,63,73-75H,4,7-8,11-12,17-24,27-28,57H2,1-3H3,(H,60,64)(H,61,85)(H,65,79)(H,66,78)(H,67,83)(H,68,84)(H,69,82)(H,70,80)(H,71,81)(H,76,77)(H4,58,59,62);2H2,1H3,(H,6,7)/t36-,38-,39-,40-,41-,42-,43+,44-,45-;/m0./s1. The summed E-state index contributed by atoms with van der Waals surface area (Å²) in [5.74, 6) is -10.9. The number of nitrogens with two attached hydrogens (primary N) is 3. The number of para-hydroxylation sites is 1. The van der Waals surface area contributed by atoms with Gasteiger partial charge in [0.05, 0.1) is 25.6 Å². The third-order valence-corrected chi connectivity index (χ3v) is 14.5. The highest BCUT2D eigenvalue weighted by atomic mass is 16.4. The molecule has 21 N–H and O–H groups in total. The number of nitrogens with zero attached hydrogens (tertiary/aromatic N) is 3. The van der Waals surface area contributed by atoms with Crippen molar-refractivity contribution in [2.45, 2.75) is 153 Å². The average Bonchev–Trinajstić information content (AvgIpc) is 1.79. The quantitative estimate of drug-likeness (QED) is 0.00908. The van der Waals surface area contributed by atoms with Crippen LogP contribution in [0.2, 0.25) is 0 Å². The number of aliphatic hydroxyl groups is 2. The summed E-state index contributed by atoms with van der Waals surface area (Å²) in [5, 5.41) is 69.5. The Bertz CT molecular complexity index is 3210. The van der Waals surface area contributed by atoms with Gasteiger partial charge in [0.1, 0.15) is 66.3 Å². The van der Waals surface area contributed by atoms with E-state index < -0.39 is 133 Å². The molecule has 0 bridgehead atoms. The van der Waals surface area contributed by atoms with E-state index in [1.165, 1.54) is 48.6 Å². The number of rotatable bonds is 36. The van der Waals surface area contributed by atoms with Crippen LogP contribution in [0.15, 0.2) is 72.2 Å². The number of phenolic OH excluding ortho intramolecular Hbond substituents is 1. The van der Waals surface area contributed by atoms with E-state index in [-0.39, 0.29) is 93.8 Å². The number of carbonyl (C=O) groups excluding carboxylic acids is 10. The Morgan fingerprint density at radius 3 is 1.77 bits per heavy atom. The third kappa shape index (κ3) is 25.3. The van der Waals surface area contributed by atoms with Crippen molar-refractivity contribution in [3.63, 3.8) is 0 Å². The van der Waals surface area contributed by atoms with Crippen molar-refractivity contribution in [1.29, 1.82) is 0 Å². The van der Waals surface area contributed by atoms with Crippen molar-refractivity contribution in [1.82, 2.24) is 62.4 Å². The molecule has 2 aromatic heterocycles. The monoisotopic (exact) mass is 1300 g/mol. The first kappa shape index (κ1) is 75.4. The predicted molar refractivity (Wildman–Crippen MR) is 334 cm³/mol. The number of aliphatic imine (C=N–C) groups is 1. The molecule has 0 spiro atoms. The maximum Gasteiger partial charge on any atom is 0.310 e. The Labute approximate surface area is 535 Å². The molecular weight excluding hydrogens is 1220 g/mol. The number of phenols is 1. The van der Waals surface area contributed by atoms with Gasteiger partial charge in [0, 0.05) is 74.3 Å². The number of carboxylic acids is 2. The van der Waals surface area contributed by atoms with Crippen LogP contribution >= 0.6 is 0 Å². The highest BCUT2D eigenvalue weighted by Gasteiger charge is 2.39. The minimum atomic E-state index is -1.83. The number of nitrogens with one attached hydrogen (secondary N) is 10. The number of imidazole rings is 1. The fourth-order valence-corrected chi connectivity index (χ4v) is 9.82. The van der Waals surface area contributed by atoms with Gasteiger partial charge in [0.15, 0.2) is 5.96 Å². The van der Waals surface area contributed by atoms with Gasteiger partial charge in [-0.15, -0.1) is 0 Å². The van der Waals surface area contributed by atoms with Gasteiger partial charge in [0.2, 0.25) is 53.2 Å². The van der Waals surface area contributed by atoms with Gasteiger partial charge in [-0.05, 0) is 87.6 Å². The number of aromatic hydroxyl groups is 1. The number of aliphatic hydroxyl groups excluding tert-OH is 2. The zero-order valence-electron chi connectivity index (χ0n) is 52.1. The number of ketones is 1. The minimum absolute atomic E-state index is 0.0111. The number of aliphatic carboxylic acids is 2. The second kappa shape index (κ2) is 38.0. The van der Waals surface area contributed by atoms with Crippen LogP contribution in [0.25, 0.3) is 10.9 Å². The smallest absolute Gasteiger partial charge is 0.310 e. The molecule has 33 heteroatoms. The highest BCUT2D eigenvalue weighted by Crippen LogP contribution is 2.22. The molecule has 0 radical (unpaired) electrons. The molecule has 1 aliphatic rings. The number of aromatic amines is 2. The minimum Gasteiger partial charge on any atom is -0.508 e. The molecule has 0 saturated carbocycles. The Hall–Kier alpha value is -10.0. The van der Waals surface area contributed by atoms with Crippen molar-refractivity contribution >= 4 is 87.7 Å². The lowest BCUT2D eigenvalue weighted by Crippen LogP contribution is -2.62. The molecule has 93 heavy (non-hydrogen) atoms. The normalized spacial score (nSPS) is 15.2. The number of H-pyrrole nitrogens is 2. The summed E-state index contributed by atoms with van der Waals surface area (Å²) in [5.41, 5.74) is 18.9. The second-order valence-electron chi connectivity index (χ2n) is 22.5. The number of carbonyl (C=O) groups is 12. The van der Waals surface area contributed by atoms with Crippen LogP contribution in [-0.4, -0.2) is 209 Å². The molecule has 508 valence electrons. The highest BCUT2D eigenvalue weighted by molar-refractivity contribution is 5.99. The summed E-state index contributed by atoms with van der Waals surface area (Å²) in [6.45, 7) is 5.12. The number of likely N-dealkylation sites (N-methyl/N-ethyl adjacent to an activating group) is 1. The maximum atomic E-state index is 14.5. The van der Waals surface area contributed by atoms with E-state index in [4.69, 9.17) is 27.4 Å². The van der Waals surface area contributed by atoms with Crippen LogP contribution in [0.4, 0.5) is 0 Å². The molecule has 4 aromatic rings. The fourth-order valence-electron chi connectivity index (χ4n) is 9.82. The second-order valence-corrected chi connectivity index (χ2v) is 22.5. The van der Waals surface area contributed by atoms with Gasteiger partial charge in [-0.3, -0.25) is 62.5 Å². The van der Waals surface area contributed by atoms with Gasteiger partial charge in [-0.2, -0.15) is 0 Å². The van der Waals surface area contributed by atoms with Crippen molar-refractivity contribution < 1.29 is 83.1 Å². The van der Waals surface area contributed by atoms with E-state index in [1.807, 2.05) is 0 Å². The molecule has 0 aliphatic carbocycles. The first-order valence-electron chi connectivity index (χ1n) is 30.1. The van der Waals surface area contributed by atoms with Crippen molar-refractivity contribution in [2.24, 2.45) is 28.1 Å². The fraction of sp³-hybridized carbons (Fsp3) is 0.500. The molecule has 0 unspecified atom stereocenters. The maximum absolute atomic E-state index is 14.5. The summed E-state index contributed by atoms with van der Waals surface area (Å²) in [4.78, 5) is 172. The SMILES string of the molecule is CC(=O)CC(=O)O.CCNC(=O)[C@@H]1CCCN1C(=O)[C@H](CCCN=C(N)N)NC(=O)[C@H](CC(C)C)NC(=O)[C@@H](CO)NC(=O)[C@H](Cc1ccc(O)cc1)NC(=O)[C@H](CO)NC(=O)[C@H](Cc1c[nH]c2ccccc12)NC(=O)[C@H](Cc1cnc[nH]1)NC(=O)[C@@H](N)CCC(=O)O. The Morgan fingerprint density at radius 1 is 0.688 bits per heavy atom. The predicted octanol–water partition coefficient (Wildman–Crippen LogP) is -3.53. The van der Waals surface area contributed by atoms with Crippen LogP contribution in [0.3, 0.4) is 0 Å². The molecule has 3 heterocycles. The number of likely N-dealkylation sites (tertiary alicyclic amines) is 1. The van der Waals surface area contributed by atoms with E-state index in [1.54, 1.807) is 51.2 Å². The van der Waals surface area contributed by atoms with Gasteiger partial charge in [-0.25, -0.2) is 4.98 Å².